The third kappa shape index (κ3) is 6.08. The van der Waals surface area contributed by atoms with Crippen molar-refractivity contribution < 1.29 is 13.9 Å². The quantitative estimate of drug-likeness (QED) is 0.779. The predicted octanol–water partition coefficient (Wildman–Crippen LogP) is 3.61. The van der Waals surface area contributed by atoms with Gasteiger partial charge in [0.2, 0.25) is 0 Å². The fraction of sp³-hybridized carbons (Fsp3) is 0.368. The van der Waals surface area contributed by atoms with Crippen LogP contribution in [0.4, 0.5) is 8.78 Å². The normalized spacial score (nSPS) is 12.3. The molecule has 0 aliphatic carbocycles. The predicted molar refractivity (Wildman–Crippen MR) is 88.2 cm³/mol. The topological polar surface area (TPSA) is 32.3 Å². The van der Waals surface area contributed by atoms with E-state index in [1.807, 2.05) is 12.1 Å². The Labute approximate surface area is 136 Å². The van der Waals surface area contributed by atoms with Crippen molar-refractivity contribution >= 4 is 0 Å². The third-order valence-corrected chi connectivity index (χ3v) is 3.80. The van der Waals surface area contributed by atoms with Gasteiger partial charge in [-0.1, -0.05) is 31.2 Å². The molecule has 2 N–H and O–H groups in total. The molecule has 0 aliphatic rings. The largest absolute Gasteiger partial charge is 0.392 e. The molecular weight excluding hydrogens is 296 g/mol. The lowest BCUT2D eigenvalue weighted by atomic mass is 10.1. The van der Waals surface area contributed by atoms with Crippen molar-refractivity contribution in [3.8, 4) is 0 Å². The molecule has 23 heavy (non-hydrogen) atoms. The molecule has 0 fully saturated rings. The van der Waals surface area contributed by atoms with Crippen LogP contribution in [0.1, 0.15) is 30.0 Å². The van der Waals surface area contributed by atoms with E-state index in [2.05, 4.69) is 24.4 Å². The maximum Gasteiger partial charge on any atom is 0.126 e. The first-order chi connectivity index (χ1) is 11.1. The zero-order valence-electron chi connectivity index (χ0n) is 13.4. The Morgan fingerprint density at radius 3 is 2.39 bits per heavy atom. The molecule has 0 saturated heterocycles. The van der Waals surface area contributed by atoms with Crippen LogP contribution in [0.2, 0.25) is 0 Å². The number of nitrogens with one attached hydrogen (secondary N) is 1. The average molecular weight is 319 g/mol. The highest BCUT2D eigenvalue weighted by Crippen LogP contribution is 2.11. The summed E-state index contributed by atoms with van der Waals surface area (Å²) in [5.41, 5.74) is 3.04. The summed E-state index contributed by atoms with van der Waals surface area (Å²) >= 11 is 0. The SMILES string of the molecule is CCc1cccc(CNCC(O)CCc2cc(F)cc(F)c2)c1. The maximum atomic E-state index is 13.1. The van der Waals surface area contributed by atoms with E-state index in [9.17, 15) is 13.9 Å². The number of rotatable bonds is 8. The van der Waals surface area contributed by atoms with E-state index in [1.54, 1.807) is 0 Å². The summed E-state index contributed by atoms with van der Waals surface area (Å²) in [6.45, 7) is 3.26. The van der Waals surface area contributed by atoms with Crippen molar-refractivity contribution in [1.29, 1.82) is 0 Å². The van der Waals surface area contributed by atoms with E-state index in [1.165, 1.54) is 23.3 Å². The Morgan fingerprint density at radius 2 is 1.70 bits per heavy atom. The van der Waals surface area contributed by atoms with E-state index < -0.39 is 17.7 Å². The zero-order valence-corrected chi connectivity index (χ0v) is 13.4. The van der Waals surface area contributed by atoms with Crippen molar-refractivity contribution in [3.63, 3.8) is 0 Å². The fourth-order valence-electron chi connectivity index (χ4n) is 2.53. The van der Waals surface area contributed by atoms with E-state index in [0.717, 1.165) is 12.5 Å². The minimum absolute atomic E-state index is 0.447. The van der Waals surface area contributed by atoms with Crippen molar-refractivity contribution in [2.45, 2.75) is 38.8 Å². The molecule has 4 heteroatoms. The van der Waals surface area contributed by atoms with Gasteiger partial charge in [-0.3, -0.25) is 0 Å². The molecule has 0 amide bonds. The number of benzene rings is 2. The second-order valence-corrected chi connectivity index (χ2v) is 5.77. The van der Waals surface area contributed by atoms with Crippen LogP contribution >= 0.6 is 0 Å². The van der Waals surface area contributed by atoms with Crippen LogP contribution in [0.25, 0.3) is 0 Å². The zero-order chi connectivity index (χ0) is 16.7. The number of aryl methyl sites for hydroxylation is 2. The molecule has 1 unspecified atom stereocenters. The van der Waals surface area contributed by atoms with Gasteiger partial charge in [0.1, 0.15) is 11.6 Å². The number of halogens is 2. The first-order valence-corrected chi connectivity index (χ1v) is 7.98. The Kier molecular flexibility index (Phi) is 6.68. The van der Waals surface area contributed by atoms with E-state index >= 15 is 0 Å². The Bertz CT molecular complexity index is 610. The van der Waals surface area contributed by atoms with E-state index in [4.69, 9.17) is 0 Å². The van der Waals surface area contributed by atoms with Gasteiger partial charge in [0.05, 0.1) is 6.10 Å². The van der Waals surface area contributed by atoms with Crippen LogP contribution in [0.15, 0.2) is 42.5 Å². The van der Waals surface area contributed by atoms with Gasteiger partial charge in [-0.15, -0.1) is 0 Å². The number of hydrogen-bond donors (Lipinski definition) is 2. The number of aliphatic hydroxyl groups excluding tert-OH is 1. The van der Waals surface area contributed by atoms with Crippen molar-refractivity contribution in [1.82, 2.24) is 5.32 Å². The Balaban J connectivity index is 1.73. The molecule has 0 aliphatic heterocycles. The first-order valence-electron chi connectivity index (χ1n) is 7.98. The minimum atomic E-state index is -0.580. The molecule has 1 atom stereocenters. The van der Waals surface area contributed by atoms with Crippen LogP contribution in [-0.4, -0.2) is 17.8 Å². The standard InChI is InChI=1S/C19H23F2NO/c1-2-14-4-3-5-16(8-14)12-22-13-19(23)7-6-15-9-17(20)11-18(21)10-15/h3-5,8-11,19,22-23H,2,6-7,12-13H2,1H3. The van der Waals surface area contributed by atoms with Crippen molar-refractivity contribution in [2.75, 3.05) is 6.54 Å². The molecule has 0 aromatic heterocycles. The lowest BCUT2D eigenvalue weighted by Crippen LogP contribution is -2.26. The summed E-state index contributed by atoms with van der Waals surface area (Å²) in [5.74, 6) is -1.16. The molecule has 124 valence electrons. The van der Waals surface area contributed by atoms with E-state index in [0.29, 0.717) is 31.5 Å². The highest BCUT2D eigenvalue weighted by molar-refractivity contribution is 5.23. The van der Waals surface area contributed by atoms with Gasteiger partial charge in [-0.25, -0.2) is 8.78 Å². The fourth-order valence-corrected chi connectivity index (χ4v) is 2.53. The van der Waals surface area contributed by atoms with Crippen LogP contribution in [0.5, 0.6) is 0 Å². The first kappa shape index (κ1) is 17.6. The smallest absolute Gasteiger partial charge is 0.126 e. The molecule has 0 spiro atoms. The van der Waals surface area contributed by atoms with Gasteiger partial charge in [-0.2, -0.15) is 0 Å². The average Bonchev–Trinajstić information content (AvgIpc) is 2.52. The Morgan fingerprint density at radius 1 is 1.00 bits per heavy atom. The summed E-state index contributed by atoms with van der Waals surface area (Å²) in [7, 11) is 0. The number of hydrogen-bond acceptors (Lipinski definition) is 2. The summed E-state index contributed by atoms with van der Waals surface area (Å²) in [4.78, 5) is 0. The second-order valence-electron chi connectivity index (χ2n) is 5.77. The highest BCUT2D eigenvalue weighted by Gasteiger charge is 2.06. The van der Waals surface area contributed by atoms with Gasteiger partial charge < -0.3 is 10.4 Å². The summed E-state index contributed by atoms with van der Waals surface area (Å²) in [6, 6.07) is 11.8. The van der Waals surface area contributed by atoms with Crippen LogP contribution in [0.3, 0.4) is 0 Å². The third-order valence-electron chi connectivity index (χ3n) is 3.80. The van der Waals surface area contributed by atoms with Crippen molar-refractivity contribution in [3.05, 3.63) is 70.8 Å². The van der Waals surface area contributed by atoms with Gasteiger partial charge in [-0.05, 0) is 48.1 Å². The van der Waals surface area contributed by atoms with Gasteiger partial charge in [0, 0.05) is 19.2 Å². The summed E-state index contributed by atoms with van der Waals surface area (Å²) < 4.78 is 26.2. The molecule has 2 aromatic rings. The van der Waals surface area contributed by atoms with Crippen LogP contribution in [0, 0.1) is 11.6 Å². The van der Waals surface area contributed by atoms with Crippen molar-refractivity contribution in [2.24, 2.45) is 0 Å². The summed E-state index contributed by atoms with van der Waals surface area (Å²) in [6.07, 6.45) is 1.37. The van der Waals surface area contributed by atoms with E-state index in [-0.39, 0.29) is 0 Å². The summed E-state index contributed by atoms with van der Waals surface area (Å²) in [5, 5.41) is 13.2. The van der Waals surface area contributed by atoms with Crippen LogP contribution in [-0.2, 0) is 19.4 Å². The lowest BCUT2D eigenvalue weighted by molar-refractivity contribution is 0.161. The molecule has 0 saturated carbocycles. The molecular formula is C19H23F2NO. The second kappa shape index (κ2) is 8.75. The van der Waals surface area contributed by atoms with Gasteiger partial charge in [0.15, 0.2) is 0 Å². The Hall–Kier alpha value is -1.78. The highest BCUT2D eigenvalue weighted by atomic mass is 19.1. The molecule has 2 aromatic carbocycles. The molecule has 2 rings (SSSR count). The van der Waals surface area contributed by atoms with Gasteiger partial charge >= 0.3 is 0 Å². The monoisotopic (exact) mass is 319 g/mol. The minimum Gasteiger partial charge on any atom is -0.392 e. The van der Waals surface area contributed by atoms with Crippen LogP contribution < -0.4 is 5.32 Å². The maximum absolute atomic E-state index is 13.1. The lowest BCUT2D eigenvalue weighted by Gasteiger charge is -2.12. The molecule has 0 heterocycles. The molecule has 0 radical (unpaired) electrons. The molecule has 2 nitrogen and oxygen atoms in total. The number of aliphatic hydroxyl groups is 1. The molecule has 0 bridgehead atoms. The van der Waals surface area contributed by atoms with Gasteiger partial charge in [0.25, 0.3) is 0 Å².